The minimum atomic E-state index is -0.580. The van der Waals surface area contributed by atoms with E-state index in [2.05, 4.69) is 10.4 Å². The van der Waals surface area contributed by atoms with Crippen molar-refractivity contribution in [2.75, 3.05) is 5.32 Å². The molecule has 2 aromatic carbocycles. The van der Waals surface area contributed by atoms with Crippen molar-refractivity contribution in [1.82, 2.24) is 9.78 Å². The molecule has 3 aromatic rings. The van der Waals surface area contributed by atoms with E-state index in [1.807, 2.05) is 19.1 Å². The fourth-order valence-corrected chi connectivity index (χ4v) is 2.46. The largest absolute Gasteiger partial charge is 0.320 e. The van der Waals surface area contributed by atoms with Crippen LogP contribution in [0.3, 0.4) is 0 Å². The van der Waals surface area contributed by atoms with Gasteiger partial charge in [0.15, 0.2) is 5.69 Å². The summed E-state index contributed by atoms with van der Waals surface area (Å²) < 4.78 is 1.52. The molecule has 0 fully saturated rings. The molecule has 0 aliphatic rings. The fraction of sp³-hybridized carbons (Fsp3) is 0.111. The number of hydrogen-bond donors (Lipinski definition) is 1. The Morgan fingerprint density at radius 3 is 2.58 bits per heavy atom. The van der Waals surface area contributed by atoms with Crippen LogP contribution in [0.2, 0.25) is 0 Å². The number of nitrogens with zero attached hydrogens (tertiary/aromatic N) is 3. The second-order valence-corrected chi connectivity index (χ2v) is 5.47. The first kappa shape index (κ1) is 15.4. The Bertz CT molecular complexity index is 1040. The van der Waals surface area contributed by atoms with E-state index < -0.39 is 11.3 Å². The Balaban J connectivity index is 2.02. The first-order valence-electron chi connectivity index (χ1n) is 7.29. The number of carbonyl (C=O) groups excluding carboxylic acids is 1. The van der Waals surface area contributed by atoms with Crippen molar-refractivity contribution < 1.29 is 4.79 Å². The molecule has 0 spiro atoms. The van der Waals surface area contributed by atoms with Gasteiger partial charge in [0.05, 0.1) is 22.5 Å². The van der Waals surface area contributed by atoms with Crippen molar-refractivity contribution in [3.8, 4) is 6.07 Å². The van der Waals surface area contributed by atoms with Crippen molar-refractivity contribution in [2.45, 2.75) is 6.92 Å². The highest BCUT2D eigenvalue weighted by molar-refractivity contribution is 6.04. The Labute approximate surface area is 138 Å². The number of fused-ring (bicyclic) bond motifs is 1. The van der Waals surface area contributed by atoms with E-state index in [4.69, 9.17) is 5.26 Å². The van der Waals surface area contributed by atoms with Gasteiger partial charge in [0, 0.05) is 12.7 Å². The van der Waals surface area contributed by atoms with Crippen LogP contribution < -0.4 is 10.7 Å². The molecule has 0 unspecified atom stereocenters. The lowest BCUT2D eigenvalue weighted by Gasteiger charge is -2.09. The van der Waals surface area contributed by atoms with Crippen LogP contribution in [0.1, 0.15) is 21.6 Å². The van der Waals surface area contributed by atoms with E-state index in [0.717, 1.165) is 5.56 Å². The Hall–Kier alpha value is -3.46. The average molecular weight is 318 g/mol. The van der Waals surface area contributed by atoms with E-state index in [0.29, 0.717) is 22.2 Å². The lowest BCUT2D eigenvalue weighted by molar-refractivity contribution is 0.101. The van der Waals surface area contributed by atoms with Crippen LogP contribution in [0.5, 0.6) is 0 Å². The molecule has 6 nitrogen and oxygen atoms in total. The molecule has 1 aromatic heterocycles. The minimum absolute atomic E-state index is 0.167. The topological polar surface area (TPSA) is 87.8 Å². The molecular formula is C18H14N4O2. The van der Waals surface area contributed by atoms with Crippen molar-refractivity contribution in [3.63, 3.8) is 0 Å². The third-order valence-electron chi connectivity index (χ3n) is 3.70. The number of carbonyl (C=O) groups is 1. The van der Waals surface area contributed by atoms with Gasteiger partial charge in [0.25, 0.3) is 5.91 Å². The summed E-state index contributed by atoms with van der Waals surface area (Å²) in [6.45, 7) is 1.88. The summed E-state index contributed by atoms with van der Waals surface area (Å²) >= 11 is 0. The van der Waals surface area contributed by atoms with Crippen LogP contribution >= 0.6 is 0 Å². The zero-order valence-electron chi connectivity index (χ0n) is 13.2. The molecule has 24 heavy (non-hydrogen) atoms. The van der Waals surface area contributed by atoms with Gasteiger partial charge in [-0.05, 0) is 43.3 Å². The number of amides is 1. The molecule has 1 heterocycles. The minimum Gasteiger partial charge on any atom is -0.320 e. The van der Waals surface area contributed by atoms with Gasteiger partial charge in [-0.15, -0.1) is 0 Å². The third-order valence-corrected chi connectivity index (χ3v) is 3.70. The highest BCUT2D eigenvalue weighted by atomic mass is 16.2. The molecule has 6 heteroatoms. The van der Waals surface area contributed by atoms with Gasteiger partial charge < -0.3 is 5.32 Å². The number of anilines is 1. The molecule has 0 radical (unpaired) electrons. The molecule has 3 rings (SSSR count). The zero-order valence-corrected chi connectivity index (χ0v) is 13.2. The monoisotopic (exact) mass is 318 g/mol. The van der Waals surface area contributed by atoms with Crippen LogP contribution in [-0.4, -0.2) is 15.7 Å². The van der Waals surface area contributed by atoms with Gasteiger partial charge in [-0.1, -0.05) is 11.6 Å². The van der Waals surface area contributed by atoms with E-state index >= 15 is 0 Å². The maximum absolute atomic E-state index is 12.6. The molecule has 0 saturated carbocycles. The Morgan fingerprint density at radius 1 is 1.21 bits per heavy atom. The second-order valence-electron chi connectivity index (χ2n) is 5.47. The van der Waals surface area contributed by atoms with Gasteiger partial charge in [-0.25, -0.2) is 0 Å². The SMILES string of the molecule is Cc1ccc2c(c1)c(=O)c(C(=O)Nc1ccc(C#N)cc1)nn2C. The smallest absolute Gasteiger partial charge is 0.280 e. The number of aryl methyl sites for hydroxylation is 2. The lowest BCUT2D eigenvalue weighted by atomic mass is 10.1. The van der Waals surface area contributed by atoms with E-state index in [-0.39, 0.29) is 5.69 Å². The van der Waals surface area contributed by atoms with Crippen molar-refractivity contribution in [1.29, 1.82) is 5.26 Å². The van der Waals surface area contributed by atoms with Gasteiger partial charge in [0.2, 0.25) is 5.43 Å². The number of benzene rings is 2. The molecule has 1 amide bonds. The van der Waals surface area contributed by atoms with Gasteiger partial charge in [-0.2, -0.15) is 10.4 Å². The summed E-state index contributed by atoms with van der Waals surface area (Å²) in [7, 11) is 1.69. The maximum Gasteiger partial charge on any atom is 0.280 e. The lowest BCUT2D eigenvalue weighted by Crippen LogP contribution is -2.26. The predicted molar refractivity (Wildman–Crippen MR) is 90.8 cm³/mol. The van der Waals surface area contributed by atoms with Crippen LogP contribution in [-0.2, 0) is 7.05 Å². The molecule has 0 aliphatic carbocycles. The van der Waals surface area contributed by atoms with Crippen molar-refractivity contribution in [3.05, 3.63) is 69.5 Å². The summed E-state index contributed by atoms with van der Waals surface area (Å²) in [5.41, 5.74) is 2.01. The first-order valence-corrected chi connectivity index (χ1v) is 7.29. The summed E-state index contributed by atoms with van der Waals surface area (Å²) in [6, 6.07) is 13.8. The van der Waals surface area contributed by atoms with Crippen LogP contribution in [0.15, 0.2) is 47.3 Å². The fourth-order valence-electron chi connectivity index (χ4n) is 2.46. The molecule has 0 bridgehead atoms. The Morgan fingerprint density at radius 2 is 1.92 bits per heavy atom. The van der Waals surface area contributed by atoms with Crippen LogP contribution in [0.4, 0.5) is 5.69 Å². The molecule has 1 N–H and O–H groups in total. The van der Waals surface area contributed by atoms with E-state index in [1.165, 1.54) is 4.68 Å². The summed E-state index contributed by atoms with van der Waals surface area (Å²) in [5.74, 6) is -0.580. The summed E-state index contributed by atoms with van der Waals surface area (Å²) in [5, 5.41) is 16.0. The second kappa shape index (κ2) is 5.97. The number of nitriles is 1. The normalized spacial score (nSPS) is 10.4. The number of aromatic nitrogens is 2. The Kier molecular flexibility index (Phi) is 3.84. The van der Waals surface area contributed by atoms with Crippen molar-refractivity contribution in [2.24, 2.45) is 7.05 Å². The first-order chi connectivity index (χ1) is 11.5. The van der Waals surface area contributed by atoms with Gasteiger partial charge >= 0.3 is 0 Å². The molecule has 0 aliphatic heterocycles. The maximum atomic E-state index is 12.6. The number of hydrogen-bond acceptors (Lipinski definition) is 4. The van der Waals surface area contributed by atoms with Crippen LogP contribution in [0.25, 0.3) is 10.9 Å². The van der Waals surface area contributed by atoms with Crippen molar-refractivity contribution >= 4 is 22.5 Å². The average Bonchev–Trinajstić information content (AvgIpc) is 2.58. The van der Waals surface area contributed by atoms with Gasteiger partial charge in [0.1, 0.15) is 0 Å². The molecular weight excluding hydrogens is 304 g/mol. The van der Waals surface area contributed by atoms with E-state index in [1.54, 1.807) is 43.4 Å². The summed E-state index contributed by atoms with van der Waals surface area (Å²) in [6.07, 6.45) is 0. The predicted octanol–water partition coefficient (Wildman–Crippen LogP) is 2.37. The standard InChI is InChI=1S/C18H14N4O2/c1-11-3-8-15-14(9-11)17(23)16(21-22(15)2)18(24)20-13-6-4-12(10-19)5-7-13/h3-9H,1-2H3,(H,20,24). The number of rotatable bonds is 2. The summed E-state index contributed by atoms with van der Waals surface area (Å²) in [4.78, 5) is 25.0. The zero-order chi connectivity index (χ0) is 17.3. The molecule has 0 atom stereocenters. The molecule has 0 saturated heterocycles. The highest BCUT2D eigenvalue weighted by Gasteiger charge is 2.16. The third kappa shape index (κ3) is 2.75. The molecule has 118 valence electrons. The number of nitrogens with one attached hydrogen (secondary N) is 1. The quantitative estimate of drug-likeness (QED) is 0.785. The van der Waals surface area contributed by atoms with Gasteiger partial charge in [-0.3, -0.25) is 14.3 Å². The van der Waals surface area contributed by atoms with Crippen LogP contribution in [0, 0.1) is 18.3 Å². The van der Waals surface area contributed by atoms with E-state index in [9.17, 15) is 9.59 Å². The highest BCUT2D eigenvalue weighted by Crippen LogP contribution is 2.13.